The van der Waals surface area contributed by atoms with Crippen LogP contribution in [-0.2, 0) is 11.3 Å². The number of halogens is 1. The minimum atomic E-state index is -0.287. The largest absolute Gasteiger partial charge is 0.389 e. The van der Waals surface area contributed by atoms with E-state index in [9.17, 15) is 4.39 Å². The van der Waals surface area contributed by atoms with E-state index in [0.29, 0.717) is 23.6 Å². The number of likely N-dealkylation sites (tertiary alicyclic amines) is 1. The van der Waals surface area contributed by atoms with Gasteiger partial charge in [0.2, 0.25) is 0 Å². The lowest BCUT2D eigenvalue weighted by Gasteiger charge is -2.17. The summed E-state index contributed by atoms with van der Waals surface area (Å²) in [6.07, 6.45) is 1.10. The van der Waals surface area contributed by atoms with E-state index < -0.39 is 0 Å². The van der Waals surface area contributed by atoms with Gasteiger partial charge in [-0.1, -0.05) is 24.4 Å². The maximum Gasteiger partial charge on any atom is 0.137 e. The summed E-state index contributed by atoms with van der Waals surface area (Å²) in [6, 6.07) is 5.22. The number of ether oxygens (including phenoxy) is 1. The van der Waals surface area contributed by atoms with Crippen molar-refractivity contribution < 1.29 is 9.13 Å². The van der Waals surface area contributed by atoms with Gasteiger partial charge >= 0.3 is 0 Å². The molecule has 1 aliphatic rings. The number of rotatable bonds is 5. The van der Waals surface area contributed by atoms with Crippen LogP contribution >= 0.6 is 12.2 Å². The zero-order valence-corrected chi connectivity index (χ0v) is 11.9. The molecule has 1 fully saturated rings. The Morgan fingerprint density at radius 3 is 3.05 bits per heavy atom. The third-order valence-electron chi connectivity index (χ3n) is 3.51. The van der Waals surface area contributed by atoms with Gasteiger partial charge < -0.3 is 10.5 Å². The molecule has 0 radical (unpaired) electrons. The molecule has 1 heterocycles. The summed E-state index contributed by atoms with van der Waals surface area (Å²) in [7, 11) is 1.72. The molecule has 1 aromatic rings. The van der Waals surface area contributed by atoms with Crippen molar-refractivity contribution in [1.29, 1.82) is 0 Å². The van der Waals surface area contributed by atoms with Gasteiger partial charge in [0.05, 0.1) is 6.61 Å². The van der Waals surface area contributed by atoms with E-state index in [4.69, 9.17) is 22.7 Å². The first-order valence-corrected chi connectivity index (χ1v) is 6.81. The van der Waals surface area contributed by atoms with Crippen molar-refractivity contribution in [1.82, 2.24) is 4.90 Å². The zero-order chi connectivity index (χ0) is 13.8. The lowest BCUT2D eigenvalue weighted by molar-refractivity contribution is 0.152. The molecule has 2 rings (SSSR count). The van der Waals surface area contributed by atoms with Crippen LogP contribution in [-0.4, -0.2) is 36.7 Å². The molecule has 19 heavy (non-hydrogen) atoms. The molecule has 1 atom stereocenters. The van der Waals surface area contributed by atoms with Crippen LogP contribution in [0.1, 0.15) is 17.5 Å². The van der Waals surface area contributed by atoms with Crippen LogP contribution in [0.4, 0.5) is 4.39 Å². The topological polar surface area (TPSA) is 38.5 Å². The van der Waals surface area contributed by atoms with Gasteiger partial charge in [0.25, 0.3) is 0 Å². The third-order valence-corrected chi connectivity index (χ3v) is 3.73. The molecule has 0 bridgehead atoms. The van der Waals surface area contributed by atoms with Crippen LogP contribution in [0.15, 0.2) is 18.2 Å². The highest BCUT2D eigenvalue weighted by Crippen LogP contribution is 2.21. The summed E-state index contributed by atoms with van der Waals surface area (Å²) in [5.41, 5.74) is 6.50. The molecule has 1 saturated heterocycles. The Bertz CT molecular complexity index is 467. The van der Waals surface area contributed by atoms with E-state index in [2.05, 4.69) is 4.90 Å². The van der Waals surface area contributed by atoms with Crippen LogP contribution in [0.3, 0.4) is 0 Å². The molecule has 0 aliphatic carbocycles. The predicted octanol–water partition coefficient (Wildman–Crippen LogP) is 1.93. The maximum atomic E-state index is 14.2. The van der Waals surface area contributed by atoms with Crippen LogP contribution in [0.2, 0.25) is 0 Å². The summed E-state index contributed by atoms with van der Waals surface area (Å²) < 4.78 is 19.4. The quantitative estimate of drug-likeness (QED) is 0.838. The minimum absolute atomic E-state index is 0.109. The fraction of sp³-hybridized carbons (Fsp3) is 0.500. The molecular weight excluding hydrogens is 263 g/mol. The average molecular weight is 282 g/mol. The highest BCUT2D eigenvalue weighted by atomic mass is 32.1. The molecule has 1 aromatic carbocycles. The first-order chi connectivity index (χ1) is 9.11. The Morgan fingerprint density at radius 1 is 1.58 bits per heavy atom. The van der Waals surface area contributed by atoms with Gasteiger partial charge in [0.1, 0.15) is 10.8 Å². The van der Waals surface area contributed by atoms with Gasteiger partial charge in [-0.05, 0) is 24.9 Å². The molecule has 3 nitrogen and oxygen atoms in total. The van der Waals surface area contributed by atoms with Gasteiger partial charge in [-0.15, -0.1) is 0 Å². The highest BCUT2D eigenvalue weighted by molar-refractivity contribution is 7.80. The molecule has 0 saturated carbocycles. The average Bonchev–Trinajstić information content (AvgIpc) is 2.79. The molecule has 0 amide bonds. The van der Waals surface area contributed by atoms with Crippen molar-refractivity contribution in [3.63, 3.8) is 0 Å². The highest BCUT2D eigenvalue weighted by Gasteiger charge is 2.23. The predicted molar refractivity (Wildman–Crippen MR) is 77.5 cm³/mol. The van der Waals surface area contributed by atoms with E-state index in [1.54, 1.807) is 25.3 Å². The molecule has 5 heteroatoms. The Morgan fingerprint density at radius 2 is 2.37 bits per heavy atom. The molecule has 0 spiro atoms. The minimum Gasteiger partial charge on any atom is -0.389 e. The van der Waals surface area contributed by atoms with Crippen LogP contribution in [0.5, 0.6) is 0 Å². The number of nitrogens with two attached hydrogens (primary N) is 1. The fourth-order valence-electron chi connectivity index (χ4n) is 2.56. The summed E-state index contributed by atoms with van der Waals surface area (Å²) in [6.45, 7) is 3.30. The van der Waals surface area contributed by atoms with E-state index in [0.717, 1.165) is 26.1 Å². The molecular formula is C14H19FN2OS. The van der Waals surface area contributed by atoms with Crippen molar-refractivity contribution in [2.24, 2.45) is 11.7 Å². The smallest absolute Gasteiger partial charge is 0.137 e. The van der Waals surface area contributed by atoms with E-state index in [1.165, 1.54) is 0 Å². The molecule has 1 unspecified atom stereocenters. The van der Waals surface area contributed by atoms with Crippen LogP contribution in [0, 0.1) is 11.7 Å². The SMILES string of the molecule is COCC1CCN(Cc2cccc(C(N)=S)c2F)C1. The number of methoxy groups -OCH3 is 1. The summed E-state index contributed by atoms with van der Waals surface area (Å²) in [5, 5.41) is 0. The molecule has 2 N–H and O–H groups in total. The second kappa shape index (κ2) is 6.41. The standard InChI is InChI=1S/C14H19FN2OS/c1-18-9-10-5-6-17(7-10)8-11-3-2-4-12(13(11)15)14(16)19/h2-4,10H,5-9H2,1H3,(H2,16,19). The van der Waals surface area contributed by atoms with E-state index in [1.807, 2.05) is 0 Å². The Hall–Kier alpha value is -1.04. The van der Waals surface area contributed by atoms with Gasteiger partial charge in [0.15, 0.2) is 0 Å². The molecule has 1 aliphatic heterocycles. The fourth-order valence-corrected chi connectivity index (χ4v) is 2.72. The normalized spacial score (nSPS) is 19.8. The Balaban J connectivity index is 2.04. The maximum absolute atomic E-state index is 14.2. The van der Waals surface area contributed by atoms with Crippen LogP contribution < -0.4 is 5.73 Å². The van der Waals surface area contributed by atoms with Gasteiger partial charge in [0, 0.05) is 31.3 Å². The lowest BCUT2D eigenvalue weighted by atomic mass is 10.1. The van der Waals surface area contributed by atoms with Crippen molar-refractivity contribution in [2.75, 3.05) is 26.8 Å². The number of thiocarbonyl (C=S) groups is 1. The van der Waals surface area contributed by atoms with E-state index in [-0.39, 0.29) is 10.8 Å². The molecule has 104 valence electrons. The zero-order valence-electron chi connectivity index (χ0n) is 11.1. The Labute approximate surface area is 118 Å². The second-order valence-corrected chi connectivity index (χ2v) is 5.43. The van der Waals surface area contributed by atoms with Crippen molar-refractivity contribution in [3.8, 4) is 0 Å². The second-order valence-electron chi connectivity index (χ2n) is 4.99. The van der Waals surface area contributed by atoms with Crippen molar-refractivity contribution in [3.05, 3.63) is 35.1 Å². The first-order valence-electron chi connectivity index (χ1n) is 6.40. The number of hydrogen-bond acceptors (Lipinski definition) is 3. The summed E-state index contributed by atoms with van der Waals surface area (Å²) in [5.74, 6) is 0.261. The van der Waals surface area contributed by atoms with Gasteiger partial charge in [-0.2, -0.15) is 0 Å². The lowest BCUT2D eigenvalue weighted by Crippen LogP contribution is -2.23. The third kappa shape index (κ3) is 3.49. The van der Waals surface area contributed by atoms with Gasteiger partial charge in [-0.3, -0.25) is 4.90 Å². The summed E-state index contributed by atoms with van der Waals surface area (Å²) >= 11 is 4.85. The van der Waals surface area contributed by atoms with Crippen molar-refractivity contribution in [2.45, 2.75) is 13.0 Å². The Kier molecular flexibility index (Phi) is 4.85. The van der Waals surface area contributed by atoms with Crippen LogP contribution in [0.25, 0.3) is 0 Å². The number of hydrogen-bond donors (Lipinski definition) is 1. The molecule has 0 aromatic heterocycles. The first kappa shape index (κ1) is 14.4. The monoisotopic (exact) mass is 282 g/mol. The number of benzene rings is 1. The summed E-state index contributed by atoms with van der Waals surface area (Å²) in [4.78, 5) is 2.35. The van der Waals surface area contributed by atoms with Crippen molar-refractivity contribution >= 4 is 17.2 Å². The number of nitrogens with zero attached hydrogens (tertiary/aromatic N) is 1. The van der Waals surface area contributed by atoms with E-state index >= 15 is 0 Å². The van der Waals surface area contributed by atoms with Gasteiger partial charge in [-0.25, -0.2) is 4.39 Å².